The summed E-state index contributed by atoms with van der Waals surface area (Å²) >= 11 is 0. The summed E-state index contributed by atoms with van der Waals surface area (Å²) in [5.74, 6) is -0.00127. The number of nitriles is 1. The van der Waals surface area contributed by atoms with E-state index in [1.807, 2.05) is 4.90 Å². The Balaban J connectivity index is 1.52. The first-order valence-corrected chi connectivity index (χ1v) is 11.1. The summed E-state index contributed by atoms with van der Waals surface area (Å²) in [6.45, 7) is 2.88. The van der Waals surface area contributed by atoms with Crippen LogP contribution < -0.4 is 10.2 Å². The fraction of sp³-hybridized carbons (Fsp3) is 0.652. The van der Waals surface area contributed by atoms with E-state index >= 15 is 0 Å². The molecule has 2 aliphatic heterocycles. The number of nitrogens with one attached hydrogen (secondary N) is 1. The Bertz CT molecular complexity index is 865. The molecule has 168 valence electrons. The number of benzene rings is 1. The number of hydrogen-bond donors (Lipinski definition) is 1. The van der Waals surface area contributed by atoms with Gasteiger partial charge in [-0.05, 0) is 49.3 Å². The molecule has 2 saturated heterocycles. The quantitative estimate of drug-likeness (QED) is 0.787. The maximum Gasteiger partial charge on any atom is 0.417 e. The van der Waals surface area contributed by atoms with Crippen LogP contribution in [0, 0.1) is 22.7 Å². The van der Waals surface area contributed by atoms with Crippen LogP contribution in [-0.2, 0) is 11.0 Å². The SMILES string of the molecule is CNC(=O)C1CN(C2CCCC2)CC12CCN(c1ccc(C#N)c(C(F)(F)F)c1)CC2. The van der Waals surface area contributed by atoms with E-state index < -0.39 is 11.7 Å². The van der Waals surface area contributed by atoms with E-state index in [2.05, 4.69) is 10.2 Å². The zero-order valence-corrected chi connectivity index (χ0v) is 17.8. The highest BCUT2D eigenvalue weighted by atomic mass is 19.4. The van der Waals surface area contributed by atoms with Gasteiger partial charge in [0.15, 0.2) is 0 Å². The van der Waals surface area contributed by atoms with Crippen molar-refractivity contribution >= 4 is 11.6 Å². The molecule has 8 heteroatoms. The van der Waals surface area contributed by atoms with E-state index in [1.165, 1.54) is 31.7 Å². The Morgan fingerprint density at radius 3 is 2.48 bits per heavy atom. The van der Waals surface area contributed by atoms with Crippen LogP contribution in [0.4, 0.5) is 18.9 Å². The van der Waals surface area contributed by atoms with Gasteiger partial charge in [-0.1, -0.05) is 12.8 Å². The highest BCUT2D eigenvalue weighted by Gasteiger charge is 2.52. The third-order valence-electron chi connectivity index (χ3n) is 7.63. The Morgan fingerprint density at radius 2 is 1.90 bits per heavy atom. The highest BCUT2D eigenvalue weighted by molar-refractivity contribution is 5.80. The molecule has 0 radical (unpaired) electrons. The average molecular weight is 435 g/mol. The van der Waals surface area contributed by atoms with Gasteiger partial charge < -0.3 is 10.2 Å². The van der Waals surface area contributed by atoms with Crippen molar-refractivity contribution in [3.63, 3.8) is 0 Å². The zero-order valence-electron chi connectivity index (χ0n) is 17.8. The van der Waals surface area contributed by atoms with Gasteiger partial charge >= 0.3 is 6.18 Å². The second-order valence-electron chi connectivity index (χ2n) is 9.22. The van der Waals surface area contributed by atoms with Gasteiger partial charge in [-0.15, -0.1) is 0 Å². The maximum atomic E-state index is 13.4. The number of carbonyl (C=O) groups is 1. The summed E-state index contributed by atoms with van der Waals surface area (Å²) in [7, 11) is 1.68. The van der Waals surface area contributed by atoms with Crippen molar-refractivity contribution < 1.29 is 18.0 Å². The van der Waals surface area contributed by atoms with E-state index in [-0.39, 0.29) is 22.8 Å². The molecule has 1 atom stereocenters. The summed E-state index contributed by atoms with van der Waals surface area (Å²) in [6.07, 6.45) is 1.85. The molecule has 1 aliphatic carbocycles. The van der Waals surface area contributed by atoms with Gasteiger partial charge in [0.05, 0.1) is 23.1 Å². The van der Waals surface area contributed by atoms with Crippen LogP contribution in [0.25, 0.3) is 0 Å². The standard InChI is InChI=1S/C23H29F3N4O/c1-28-21(31)20-14-30(17-4-2-3-5-17)15-22(20)8-10-29(11-9-22)18-7-6-16(13-27)19(12-18)23(24,25)26/h6-7,12,17,20H,2-5,8-11,14-15H2,1H3,(H,28,31). The van der Waals surface area contributed by atoms with Crippen LogP contribution in [0.15, 0.2) is 18.2 Å². The van der Waals surface area contributed by atoms with E-state index in [0.717, 1.165) is 32.0 Å². The fourth-order valence-corrected chi connectivity index (χ4v) is 5.87. The lowest BCUT2D eigenvalue weighted by Gasteiger charge is -2.43. The highest BCUT2D eigenvalue weighted by Crippen LogP contribution is 2.47. The number of halogens is 3. The van der Waals surface area contributed by atoms with Gasteiger partial charge in [0.2, 0.25) is 5.91 Å². The molecule has 3 aliphatic rings. The molecule has 0 aromatic heterocycles. The van der Waals surface area contributed by atoms with Gasteiger partial charge in [-0.25, -0.2) is 0 Å². The smallest absolute Gasteiger partial charge is 0.371 e. The summed E-state index contributed by atoms with van der Waals surface area (Å²) in [6, 6.07) is 6.14. The Morgan fingerprint density at radius 1 is 1.23 bits per heavy atom. The number of amides is 1. The number of rotatable bonds is 3. The molecule has 1 aromatic carbocycles. The van der Waals surface area contributed by atoms with E-state index in [1.54, 1.807) is 19.2 Å². The van der Waals surface area contributed by atoms with Crippen molar-refractivity contribution in [2.75, 3.05) is 38.1 Å². The monoisotopic (exact) mass is 434 g/mol. The van der Waals surface area contributed by atoms with Gasteiger partial charge in [-0.2, -0.15) is 18.4 Å². The van der Waals surface area contributed by atoms with Crippen molar-refractivity contribution in [2.24, 2.45) is 11.3 Å². The topological polar surface area (TPSA) is 59.4 Å². The summed E-state index contributed by atoms with van der Waals surface area (Å²) in [4.78, 5) is 17.2. The number of nitrogens with zero attached hydrogens (tertiary/aromatic N) is 3. The first-order chi connectivity index (χ1) is 14.8. The van der Waals surface area contributed by atoms with E-state index in [0.29, 0.717) is 24.8 Å². The molecule has 1 spiro atoms. The van der Waals surface area contributed by atoms with Crippen molar-refractivity contribution in [2.45, 2.75) is 50.7 Å². The van der Waals surface area contributed by atoms with Crippen LogP contribution in [0.1, 0.15) is 49.7 Å². The molecule has 1 amide bonds. The Kier molecular flexibility index (Phi) is 5.91. The molecule has 1 unspecified atom stereocenters. The van der Waals surface area contributed by atoms with E-state index in [9.17, 15) is 18.0 Å². The predicted molar refractivity (Wildman–Crippen MR) is 111 cm³/mol. The number of anilines is 1. The predicted octanol–water partition coefficient (Wildman–Crippen LogP) is 3.78. The number of piperidine rings is 1. The first kappa shape index (κ1) is 21.9. The van der Waals surface area contributed by atoms with Gasteiger partial charge in [0.1, 0.15) is 0 Å². The third kappa shape index (κ3) is 4.12. The first-order valence-electron chi connectivity index (χ1n) is 11.1. The second-order valence-corrected chi connectivity index (χ2v) is 9.22. The minimum Gasteiger partial charge on any atom is -0.371 e. The zero-order chi connectivity index (χ0) is 22.2. The molecule has 0 bridgehead atoms. The Labute approximate surface area is 181 Å². The van der Waals surface area contributed by atoms with Crippen molar-refractivity contribution in [1.82, 2.24) is 10.2 Å². The number of hydrogen-bond acceptors (Lipinski definition) is 4. The van der Waals surface area contributed by atoms with Gasteiger partial charge in [0, 0.05) is 45.0 Å². The average Bonchev–Trinajstić information content (AvgIpc) is 3.41. The lowest BCUT2D eigenvalue weighted by Crippen LogP contribution is -2.48. The van der Waals surface area contributed by atoms with Crippen LogP contribution in [0.2, 0.25) is 0 Å². The number of carbonyl (C=O) groups excluding carboxylic acids is 1. The van der Waals surface area contributed by atoms with Crippen LogP contribution in [0.5, 0.6) is 0 Å². The Hall–Kier alpha value is -2.27. The van der Waals surface area contributed by atoms with Gasteiger partial charge in [0.25, 0.3) is 0 Å². The lowest BCUT2D eigenvalue weighted by molar-refractivity contribution is -0.137. The number of alkyl halides is 3. The maximum absolute atomic E-state index is 13.4. The third-order valence-corrected chi connectivity index (χ3v) is 7.63. The molecule has 3 fully saturated rings. The van der Waals surface area contributed by atoms with E-state index in [4.69, 9.17) is 5.26 Å². The molecule has 31 heavy (non-hydrogen) atoms. The second kappa shape index (κ2) is 8.34. The minimum atomic E-state index is -4.56. The summed E-state index contributed by atoms with van der Waals surface area (Å²) in [5.41, 5.74) is -0.876. The minimum absolute atomic E-state index is 0.0756. The van der Waals surface area contributed by atoms with Crippen LogP contribution in [0.3, 0.4) is 0 Å². The largest absolute Gasteiger partial charge is 0.417 e. The van der Waals surface area contributed by atoms with Gasteiger partial charge in [-0.3, -0.25) is 9.69 Å². The molecule has 2 heterocycles. The van der Waals surface area contributed by atoms with Crippen molar-refractivity contribution in [1.29, 1.82) is 5.26 Å². The molecule has 5 nitrogen and oxygen atoms in total. The molecule has 1 aromatic rings. The molecule has 1 N–H and O–H groups in total. The number of likely N-dealkylation sites (tertiary alicyclic amines) is 1. The molecular formula is C23H29F3N4O. The fourth-order valence-electron chi connectivity index (χ4n) is 5.87. The summed E-state index contributed by atoms with van der Waals surface area (Å²) in [5, 5.41) is 11.9. The molecule has 1 saturated carbocycles. The van der Waals surface area contributed by atoms with Crippen molar-refractivity contribution in [3.05, 3.63) is 29.3 Å². The van der Waals surface area contributed by atoms with Crippen LogP contribution >= 0.6 is 0 Å². The van der Waals surface area contributed by atoms with Crippen LogP contribution in [-0.4, -0.2) is 50.1 Å². The van der Waals surface area contributed by atoms with Crippen molar-refractivity contribution in [3.8, 4) is 6.07 Å². The molecular weight excluding hydrogens is 405 g/mol. The molecule has 4 rings (SSSR count). The lowest BCUT2D eigenvalue weighted by atomic mass is 9.70. The normalized spacial score (nSPS) is 24.5. The summed E-state index contributed by atoms with van der Waals surface area (Å²) < 4.78 is 40.1.